The predicted molar refractivity (Wildman–Crippen MR) is 83.6 cm³/mol. The van der Waals surface area contributed by atoms with Crippen LogP contribution < -0.4 is 5.32 Å². The van der Waals surface area contributed by atoms with E-state index in [1.807, 2.05) is 0 Å². The van der Waals surface area contributed by atoms with Crippen molar-refractivity contribution in [3.8, 4) is 0 Å². The number of carbonyl (C=O) groups excluding carboxylic acids is 1. The second-order valence-electron chi connectivity index (χ2n) is 3.77. The van der Waals surface area contributed by atoms with Crippen molar-refractivity contribution in [1.29, 1.82) is 0 Å². The van der Waals surface area contributed by atoms with E-state index >= 15 is 0 Å². The summed E-state index contributed by atoms with van der Waals surface area (Å²) in [6, 6.07) is 3.48. The summed E-state index contributed by atoms with van der Waals surface area (Å²) in [5, 5.41) is 1.98. The van der Waals surface area contributed by atoms with Crippen molar-refractivity contribution < 1.29 is 9.18 Å². The van der Waals surface area contributed by atoms with Crippen LogP contribution in [0, 0.1) is 5.82 Å². The van der Waals surface area contributed by atoms with Crippen LogP contribution in [0.1, 0.15) is 10.5 Å². The molecule has 3 nitrogen and oxygen atoms in total. The van der Waals surface area contributed by atoms with Crippen molar-refractivity contribution in [2.24, 2.45) is 0 Å². The number of hydrogen-bond acceptors (Lipinski definition) is 2. The summed E-state index contributed by atoms with van der Waals surface area (Å²) < 4.78 is 12.9. The number of nitrogens with one attached hydrogen (secondary N) is 1. The topological polar surface area (TPSA) is 42.0 Å². The summed E-state index contributed by atoms with van der Waals surface area (Å²) >= 11 is 29.1. The fourth-order valence-corrected chi connectivity index (χ4v) is 2.44. The van der Waals surface area contributed by atoms with Gasteiger partial charge >= 0.3 is 0 Å². The smallest absolute Gasteiger partial charge is 0.275 e. The lowest BCUT2D eigenvalue weighted by molar-refractivity contribution is 0.102. The summed E-state index contributed by atoms with van der Waals surface area (Å²) in [6.45, 7) is 0. The van der Waals surface area contributed by atoms with Gasteiger partial charge in [-0.3, -0.25) is 4.79 Å². The maximum atomic E-state index is 12.9. The molecule has 0 fully saturated rings. The molecule has 21 heavy (non-hydrogen) atoms. The second-order valence-corrected chi connectivity index (χ2v) is 5.67. The van der Waals surface area contributed by atoms with Crippen LogP contribution in [-0.2, 0) is 0 Å². The SMILES string of the molecule is O=C(Nc1ccc(F)cc1Cl)c1nc(Cl)c(Cl)c(Cl)c1Cl. The average Bonchev–Trinajstić information content (AvgIpc) is 2.43. The van der Waals surface area contributed by atoms with Gasteiger partial charge < -0.3 is 5.32 Å². The van der Waals surface area contributed by atoms with E-state index in [4.69, 9.17) is 58.0 Å². The number of carbonyl (C=O) groups is 1. The average molecular weight is 388 g/mol. The molecule has 0 aliphatic carbocycles. The van der Waals surface area contributed by atoms with Gasteiger partial charge in [0.2, 0.25) is 0 Å². The predicted octanol–water partition coefficient (Wildman–Crippen LogP) is 5.74. The Morgan fingerprint density at radius 3 is 2.33 bits per heavy atom. The van der Waals surface area contributed by atoms with Gasteiger partial charge in [-0.05, 0) is 18.2 Å². The van der Waals surface area contributed by atoms with Crippen LogP contribution in [0.15, 0.2) is 18.2 Å². The van der Waals surface area contributed by atoms with Gasteiger partial charge in [0.1, 0.15) is 16.7 Å². The normalized spacial score (nSPS) is 10.6. The van der Waals surface area contributed by atoms with E-state index in [0.717, 1.165) is 12.1 Å². The Hall–Kier alpha value is -0.780. The zero-order valence-corrected chi connectivity index (χ0v) is 13.6. The van der Waals surface area contributed by atoms with E-state index in [1.165, 1.54) is 6.07 Å². The van der Waals surface area contributed by atoms with E-state index in [9.17, 15) is 9.18 Å². The quantitative estimate of drug-likeness (QED) is 0.667. The maximum absolute atomic E-state index is 12.9. The van der Waals surface area contributed by atoms with E-state index in [2.05, 4.69) is 10.3 Å². The first kappa shape index (κ1) is 16.6. The molecule has 1 N–H and O–H groups in total. The van der Waals surface area contributed by atoms with E-state index in [1.54, 1.807) is 0 Å². The third-order valence-corrected chi connectivity index (χ3v) is 4.37. The number of rotatable bonds is 2. The number of hydrogen-bond donors (Lipinski definition) is 1. The van der Waals surface area contributed by atoms with E-state index in [0.29, 0.717) is 0 Å². The highest BCUT2D eigenvalue weighted by molar-refractivity contribution is 6.52. The molecule has 0 atom stereocenters. The Balaban J connectivity index is 2.37. The number of amides is 1. The van der Waals surface area contributed by atoms with Crippen LogP contribution in [0.25, 0.3) is 0 Å². The first-order chi connectivity index (χ1) is 9.81. The number of aromatic nitrogens is 1. The summed E-state index contributed by atoms with van der Waals surface area (Å²) in [5.74, 6) is -1.25. The molecule has 2 rings (SSSR count). The van der Waals surface area contributed by atoms with Crippen LogP contribution in [0.3, 0.4) is 0 Å². The van der Waals surface area contributed by atoms with Crippen molar-refractivity contribution >= 4 is 69.6 Å². The van der Waals surface area contributed by atoms with Crippen LogP contribution >= 0.6 is 58.0 Å². The van der Waals surface area contributed by atoms with Crippen LogP contribution in [-0.4, -0.2) is 10.9 Å². The molecular formula is C12H4Cl5FN2O. The van der Waals surface area contributed by atoms with E-state index < -0.39 is 11.7 Å². The minimum atomic E-state index is -0.714. The summed E-state index contributed by atoms with van der Waals surface area (Å²) in [6.07, 6.45) is 0. The monoisotopic (exact) mass is 386 g/mol. The second kappa shape index (κ2) is 6.55. The Bertz CT molecular complexity index is 738. The Morgan fingerprint density at radius 1 is 1.05 bits per heavy atom. The lowest BCUT2D eigenvalue weighted by Gasteiger charge is -2.10. The van der Waals surface area contributed by atoms with Crippen LogP contribution in [0.5, 0.6) is 0 Å². The van der Waals surface area contributed by atoms with Gasteiger partial charge in [-0.25, -0.2) is 9.37 Å². The fourth-order valence-electron chi connectivity index (χ4n) is 1.41. The molecule has 0 aliphatic rings. The van der Waals surface area contributed by atoms with Gasteiger partial charge in [-0.2, -0.15) is 0 Å². The molecule has 0 spiro atoms. The molecule has 0 radical (unpaired) electrons. The first-order valence-electron chi connectivity index (χ1n) is 5.27. The van der Waals surface area contributed by atoms with Crippen LogP contribution in [0.2, 0.25) is 25.2 Å². The number of benzene rings is 1. The highest BCUT2D eigenvalue weighted by Gasteiger charge is 2.21. The molecule has 9 heteroatoms. The van der Waals surface area contributed by atoms with Crippen molar-refractivity contribution in [1.82, 2.24) is 4.98 Å². The molecule has 0 saturated heterocycles. The molecule has 1 aromatic heterocycles. The summed E-state index contributed by atoms with van der Waals surface area (Å²) in [4.78, 5) is 15.9. The number of nitrogens with zero attached hydrogens (tertiary/aromatic N) is 1. The van der Waals surface area contributed by atoms with Gasteiger partial charge in [-0.15, -0.1) is 0 Å². The molecule has 0 saturated carbocycles. The molecule has 0 bridgehead atoms. The highest BCUT2D eigenvalue weighted by atomic mass is 35.5. The number of anilines is 1. The molecular weight excluding hydrogens is 384 g/mol. The summed E-state index contributed by atoms with van der Waals surface area (Å²) in [5.41, 5.74) is -0.0420. The third kappa shape index (κ3) is 3.52. The van der Waals surface area contributed by atoms with Gasteiger partial charge in [-0.1, -0.05) is 58.0 Å². The maximum Gasteiger partial charge on any atom is 0.275 e. The Morgan fingerprint density at radius 2 is 1.71 bits per heavy atom. The van der Waals surface area contributed by atoms with Crippen molar-refractivity contribution in [2.75, 3.05) is 5.32 Å². The standard InChI is InChI=1S/C12H4Cl5FN2O/c13-5-3-4(18)1-2-6(5)19-12(21)10-8(15)7(14)9(16)11(17)20-10/h1-3H,(H,19,21). The largest absolute Gasteiger partial charge is 0.319 e. The Labute approximate surface area is 143 Å². The van der Waals surface area contributed by atoms with Gasteiger partial charge in [0.05, 0.1) is 25.8 Å². The lowest BCUT2D eigenvalue weighted by atomic mass is 10.3. The molecule has 1 aromatic carbocycles. The zero-order chi connectivity index (χ0) is 15.7. The molecule has 0 aliphatic heterocycles. The molecule has 2 aromatic rings. The van der Waals surface area contributed by atoms with Crippen molar-refractivity contribution in [3.63, 3.8) is 0 Å². The molecule has 1 amide bonds. The van der Waals surface area contributed by atoms with Crippen molar-refractivity contribution in [3.05, 3.63) is 55.0 Å². The molecule has 0 unspecified atom stereocenters. The number of halogens is 6. The minimum absolute atomic E-state index is 0.0191. The third-order valence-electron chi connectivity index (χ3n) is 2.38. The van der Waals surface area contributed by atoms with Crippen molar-refractivity contribution in [2.45, 2.75) is 0 Å². The minimum Gasteiger partial charge on any atom is -0.319 e. The molecule has 1 heterocycles. The molecule has 110 valence electrons. The van der Waals surface area contributed by atoms with E-state index in [-0.39, 0.29) is 36.6 Å². The highest BCUT2D eigenvalue weighted by Crippen LogP contribution is 2.36. The van der Waals surface area contributed by atoms with Gasteiger partial charge in [0, 0.05) is 0 Å². The zero-order valence-electron chi connectivity index (χ0n) is 9.86. The lowest BCUT2D eigenvalue weighted by Crippen LogP contribution is -2.15. The fraction of sp³-hybridized carbons (Fsp3) is 0. The van der Waals surface area contributed by atoms with Gasteiger partial charge in [0.15, 0.2) is 0 Å². The summed E-state index contributed by atoms with van der Waals surface area (Å²) in [7, 11) is 0. The number of pyridine rings is 1. The van der Waals surface area contributed by atoms with Gasteiger partial charge in [0.25, 0.3) is 5.91 Å². The first-order valence-corrected chi connectivity index (χ1v) is 7.16. The Kier molecular flexibility index (Phi) is 5.17. The van der Waals surface area contributed by atoms with Crippen LogP contribution in [0.4, 0.5) is 10.1 Å².